The molecule has 1 aliphatic carbocycles. The molecular weight excluding hydrogens is 311 g/mol. The number of alkyl halides is 1. The second-order valence-electron chi connectivity index (χ2n) is 6.42. The third-order valence-corrected chi connectivity index (χ3v) is 6.18. The number of rotatable bonds is 5. The Kier molecular flexibility index (Phi) is 5.79. The molecule has 128 valence electrons. The van der Waals surface area contributed by atoms with Gasteiger partial charge >= 0.3 is 5.97 Å². The lowest BCUT2D eigenvalue weighted by atomic mass is 10.0. The SMILES string of the molecule is O=C(O)[C@@H]1CC[C@](F)(CNS(=O)(=O)N2CCCCCCC2)C1. The number of nitrogens with one attached hydrogen (secondary N) is 1. The first-order valence-electron chi connectivity index (χ1n) is 7.99. The molecule has 0 amide bonds. The van der Waals surface area contributed by atoms with E-state index in [1.165, 1.54) is 4.31 Å². The molecule has 2 aliphatic rings. The Bertz CT molecular complexity index is 491. The Balaban J connectivity index is 1.90. The zero-order valence-corrected chi connectivity index (χ0v) is 13.6. The van der Waals surface area contributed by atoms with Gasteiger partial charge in [-0.3, -0.25) is 4.79 Å². The van der Waals surface area contributed by atoms with E-state index in [1.54, 1.807) is 0 Å². The number of hydrogen-bond acceptors (Lipinski definition) is 3. The molecule has 1 saturated carbocycles. The minimum absolute atomic E-state index is 0.0898. The highest BCUT2D eigenvalue weighted by molar-refractivity contribution is 7.87. The van der Waals surface area contributed by atoms with E-state index < -0.39 is 27.8 Å². The van der Waals surface area contributed by atoms with Crippen LogP contribution in [0, 0.1) is 5.92 Å². The molecule has 0 bridgehead atoms. The number of carboxylic acid groups (broad SMARTS) is 1. The van der Waals surface area contributed by atoms with Gasteiger partial charge in [-0.05, 0) is 32.1 Å². The van der Waals surface area contributed by atoms with Gasteiger partial charge in [0.1, 0.15) is 5.67 Å². The molecule has 0 spiro atoms. The number of aliphatic carboxylic acids is 1. The fraction of sp³-hybridized carbons (Fsp3) is 0.929. The minimum Gasteiger partial charge on any atom is -0.481 e. The van der Waals surface area contributed by atoms with Gasteiger partial charge in [-0.25, -0.2) is 4.39 Å². The third kappa shape index (κ3) is 4.63. The molecule has 22 heavy (non-hydrogen) atoms. The lowest BCUT2D eigenvalue weighted by molar-refractivity contribution is -0.141. The monoisotopic (exact) mass is 336 g/mol. The third-order valence-electron chi connectivity index (χ3n) is 4.63. The molecule has 1 saturated heterocycles. The normalized spacial score (nSPS) is 31.6. The smallest absolute Gasteiger partial charge is 0.306 e. The van der Waals surface area contributed by atoms with E-state index in [0.717, 1.165) is 32.1 Å². The van der Waals surface area contributed by atoms with E-state index >= 15 is 0 Å². The number of carboxylic acids is 1. The first-order chi connectivity index (χ1) is 10.3. The number of halogens is 1. The van der Waals surface area contributed by atoms with Crippen molar-refractivity contribution >= 4 is 16.2 Å². The predicted molar refractivity (Wildman–Crippen MR) is 80.4 cm³/mol. The number of carbonyl (C=O) groups is 1. The van der Waals surface area contributed by atoms with Crippen molar-refractivity contribution in [1.82, 2.24) is 9.03 Å². The fourth-order valence-corrected chi connectivity index (χ4v) is 4.58. The van der Waals surface area contributed by atoms with Crippen molar-refractivity contribution < 1.29 is 22.7 Å². The number of hydrogen-bond donors (Lipinski definition) is 2. The zero-order valence-electron chi connectivity index (χ0n) is 12.8. The summed E-state index contributed by atoms with van der Waals surface area (Å²) in [4.78, 5) is 10.9. The van der Waals surface area contributed by atoms with Gasteiger partial charge in [-0.15, -0.1) is 0 Å². The lowest BCUT2D eigenvalue weighted by Crippen LogP contribution is -2.46. The molecule has 0 aromatic carbocycles. The van der Waals surface area contributed by atoms with Crippen molar-refractivity contribution in [3.05, 3.63) is 0 Å². The van der Waals surface area contributed by atoms with E-state index in [1.807, 2.05) is 0 Å². The average Bonchev–Trinajstić information content (AvgIpc) is 2.79. The average molecular weight is 336 g/mol. The summed E-state index contributed by atoms with van der Waals surface area (Å²) in [5.74, 6) is -1.72. The molecular formula is C14H25FN2O4S. The first kappa shape index (κ1) is 17.6. The van der Waals surface area contributed by atoms with Crippen LogP contribution in [-0.4, -0.2) is 49.1 Å². The highest BCUT2D eigenvalue weighted by Crippen LogP contribution is 2.37. The van der Waals surface area contributed by atoms with Gasteiger partial charge in [0.2, 0.25) is 0 Å². The summed E-state index contributed by atoms with van der Waals surface area (Å²) in [6.45, 7) is 0.592. The van der Waals surface area contributed by atoms with E-state index in [4.69, 9.17) is 5.11 Å². The van der Waals surface area contributed by atoms with Crippen molar-refractivity contribution in [2.24, 2.45) is 5.92 Å². The summed E-state index contributed by atoms with van der Waals surface area (Å²) in [6, 6.07) is 0. The Morgan fingerprint density at radius 3 is 2.36 bits per heavy atom. The van der Waals surface area contributed by atoms with E-state index in [2.05, 4.69) is 4.72 Å². The highest BCUT2D eigenvalue weighted by Gasteiger charge is 2.43. The van der Waals surface area contributed by atoms with Crippen molar-refractivity contribution in [2.45, 2.75) is 57.0 Å². The van der Waals surface area contributed by atoms with Crippen LogP contribution in [0.3, 0.4) is 0 Å². The maximum atomic E-state index is 14.6. The summed E-state index contributed by atoms with van der Waals surface area (Å²) >= 11 is 0. The molecule has 2 rings (SSSR count). The van der Waals surface area contributed by atoms with Crippen LogP contribution in [0.5, 0.6) is 0 Å². The van der Waals surface area contributed by atoms with Gasteiger partial charge in [0.05, 0.1) is 5.92 Å². The second-order valence-corrected chi connectivity index (χ2v) is 8.18. The van der Waals surface area contributed by atoms with Crippen molar-refractivity contribution in [3.63, 3.8) is 0 Å². The van der Waals surface area contributed by atoms with Gasteiger partial charge in [0.15, 0.2) is 0 Å². The topological polar surface area (TPSA) is 86.7 Å². The van der Waals surface area contributed by atoms with Crippen LogP contribution >= 0.6 is 0 Å². The summed E-state index contributed by atoms with van der Waals surface area (Å²) < 4.78 is 42.9. The van der Waals surface area contributed by atoms with Crippen LogP contribution in [0.4, 0.5) is 4.39 Å². The molecule has 0 aromatic heterocycles. The Labute approximate surface area is 131 Å². The van der Waals surface area contributed by atoms with Crippen molar-refractivity contribution in [3.8, 4) is 0 Å². The van der Waals surface area contributed by atoms with Crippen LogP contribution in [-0.2, 0) is 15.0 Å². The highest BCUT2D eigenvalue weighted by atomic mass is 32.2. The molecule has 6 nitrogen and oxygen atoms in total. The second kappa shape index (κ2) is 7.23. The van der Waals surface area contributed by atoms with Crippen molar-refractivity contribution in [2.75, 3.05) is 19.6 Å². The Hall–Kier alpha value is -0.730. The molecule has 0 aromatic rings. The first-order valence-corrected chi connectivity index (χ1v) is 9.43. The maximum absolute atomic E-state index is 14.6. The van der Waals surface area contributed by atoms with Gasteiger partial charge in [-0.2, -0.15) is 17.4 Å². The lowest BCUT2D eigenvalue weighted by Gasteiger charge is -2.26. The quantitative estimate of drug-likeness (QED) is 0.800. The van der Waals surface area contributed by atoms with Crippen LogP contribution in [0.15, 0.2) is 0 Å². The largest absolute Gasteiger partial charge is 0.481 e. The summed E-state index contributed by atoms with van der Waals surface area (Å²) in [7, 11) is -3.69. The van der Waals surface area contributed by atoms with E-state index in [-0.39, 0.29) is 25.8 Å². The molecule has 2 N–H and O–H groups in total. The number of nitrogens with zero attached hydrogens (tertiary/aromatic N) is 1. The molecule has 1 heterocycles. The van der Waals surface area contributed by atoms with E-state index in [0.29, 0.717) is 13.1 Å². The molecule has 1 aliphatic heterocycles. The van der Waals surface area contributed by atoms with Crippen LogP contribution in [0.25, 0.3) is 0 Å². The molecule has 0 unspecified atom stereocenters. The Morgan fingerprint density at radius 1 is 1.23 bits per heavy atom. The van der Waals surface area contributed by atoms with Crippen LogP contribution in [0.2, 0.25) is 0 Å². The summed E-state index contributed by atoms with van der Waals surface area (Å²) in [6.07, 6.45) is 5.03. The molecule has 2 fully saturated rings. The minimum atomic E-state index is -3.69. The van der Waals surface area contributed by atoms with E-state index in [9.17, 15) is 17.6 Å². The molecule has 2 atom stereocenters. The van der Waals surface area contributed by atoms with Gasteiger partial charge in [0, 0.05) is 19.6 Å². The Morgan fingerprint density at radius 2 is 1.82 bits per heavy atom. The fourth-order valence-electron chi connectivity index (χ4n) is 3.22. The van der Waals surface area contributed by atoms with Crippen LogP contribution in [0.1, 0.15) is 51.4 Å². The predicted octanol–water partition coefficient (Wildman–Crippen LogP) is 1.68. The van der Waals surface area contributed by atoms with Crippen molar-refractivity contribution in [1.29, 1.82) is 0 Å². The van der Waals surface area contributed by atoms with Gasteiger partial charge < -0.3 is 5.11 Å². The summed E-state index contributed by atoms with van der Waals surface area (Å²) in [5, 5.41) is 8.92. The summed E-state index contributed by atoms with van der Waals surface area (Å²) in [5.41, 5.74) is -1.75. The maximum Gasteiger partial charge on any atom is 0.306 e. The zero-order chi connectivity index (χ0) is 16.2. The standard InChI is InChI=1S/C14H25FN2O4S/c15-14(7-6-12(10-14)13(18)19)11-16-22(20,21)17-8-4-2-1-3-5-9-17/h12,16H,1-11H2,(H,18,19)/t12-,14-/m1/s1. The van der Waals surface area contributed by atoms with Gasteiger partial charge in [-0.1, -0.05) is 19.3 Å². The molecule has 0 radical (unpaired) electrons. The van der Waals surface area contributed by atoms with Crippen LogP contribution < -0.4 is 4.72 Å². The van der Waals surface area contributed by atoms with Gasteiger partial charge in [0.25, 0.3) is 10.2 Å². The molecule has 8 heteroatoms.